The first-order valence-corrected chi connectivity index (χ1v) is 14.0. The summed E-state index contributed by atoms with van der Waals surface area (Å²) in [6.07, 6.45) is 2.21. The highest BCUT2D eigenvalue weighted by molar-refractivity contribution is 5.68. The number of nitrogens with zero attached hydrogens (tertiary/aromatic N) is 3. The summed E-state index contributed by atoms with van der Waals surface area (Å²) in [4.78, 5) is 7.81. The van der Waals surface area contributed by atoms with Gasteiger partial charge in [-0.2, -0.15) is 0 Å². The number of hydrogen-bond donors (Lipinski definition) is 0. The second kappa shape index (κ2) is 12.2. The van der Waals surface area contributed by atoms with Gasteiger partial charge in [-0.05, 0) is 35.7 Å². The van der Waals surface area contributed by atoms with Crippen molar-refractivity contribution >= 4 is 0 Å². The van der Waals surface area contributed by atoms with Crippen molar-refractivity contribution in [2.45, 2.75) is 45.9 Å². The van der Waals surface area contributed by atoms with E-state index < -0.39 is 0 Å². The molecular formula is C35H34N3O2. The van der Waals surface area contributed by atoms with Gasteiger partial charge in [0.05, 0.1) is 11.4 Å². The van der Waals surface area contributed by atoms with Crippen LogP contribution in [0.25, 0.3) is 22.6 Å². The van der Waals surface area contributed by atoms with E-state index in [-0.39, 0.29) is 6.79 Å². The molecule has 5 aromatic rings. The number of hydrogen-bond acceptors (Lipinski definition) is 4. The Kier molecular flexibility index (Phi) is 7.92. The first kappa shape index (κ1) is 25.9. The minimum absolute atomic E-state index is 0.280. The molecule has 4 aromatic carbocycles. The molecule has 0 amide bonds. The number of rotatable bonds is 11. The molecule has 1 aromatic heterocycles. The van der Waals surface area contributed by atoms with Crippen molar-refractivity contribution in [2.75, 3.05) is 6.79 Å². The van der Waals surface area contributed by atoms with Crippen molar-refractivity contribution in [1.82, 2.24) is 14.5 Å². The Morgan fingerprint density at radius 1 is 0.775 bits per heavy atom. The van der Waals surface area contributed by atoms with Gasteiger partial charge in [-0.25, -0.2) is 4.98 Å². The molecule has 5 nitrogen and oxygen atoms in total. The van der Waals surface area contributed by atoms with Gasteiger partial charge in [0.2, 0.25) is 6.79 Å². The quantitative estimate of drug-likeness (QED) is 0.176. The SMILES string of the molecule is CCCCn1c(-c2ccccc2)nc(-c2ccccc2)c1CN(Cc1cc[c]cc1)Cc1ccc2c(c1)OCO2. The van der Waals surface area contributed by atoms with Gasteiger partial charge in [-0.1, -0.05) is 104 Å². The van der Waals surface area contributed by atoms with E-state index >= 15 is 0 Å². The zero-order valence-corrected chi connectivity index (χ0v) is 22.9. The minimum atomic E-state index is 0.280. The van der Waals surface area contributed by atoms with E-state index in [1.165, 1.54) is 16.8 Å². The Labute approximate surface area is 236 Å². The van der Waals surface area contributed by atoms with Crippen LogP contribution in [0.3, 0.4) is 0 Å². The summed E-state index contributed by atoms with van der Waals surface area (Å²) in [6, 6.07) is 38.8. The van der Waals surface area contributed by atoms with Crippen LogP contribution in [0, 0.1) is 6.07 Å². The maximum Gasteiger partial charge on any atom is 0.231 e. The number of ether oxygens (including phenoxy) is 2. The van der Waals surface area contributed by atoms with Gasteiger partial charge in [0.15, 0.2) is 11.5 Å². The van der Waals surface area contributed by atoms with Crippen LogP contribution < -0.4 is 9.47 Å². The summed E-state index contributed by atoms with van der Waals surface area (Å²) >= 11 is 0. The first-order valence-electron chi connectivity index (χ1n) is 14.0. The molecule has 2 heterocycles. The summed E-state index contributed by atoms with van der Waals surface area (Å²) < 4.78 is 13.7. The normalized spacial score (nSPS) is 12.2. The molecule has 40 heavy (non-hydrogen) atoms. The van der Waals surface area contributed by atoms with Crippen LogP contribution in [-0.2, 0) is 26.2 Å². The average molecular weight is 529 g/mol. The van der Waals surface area contributed by atoms with Gasteiger partial charge in [-0.15, -0.1) is 0 Å². The molecule has 0 spiro atoms. The predicted octanol–water partition coefficient (Wildman–Crippen LogP) is 7.75. The van der Waals surface area contributed by atoms with Crippen molar-refractivity contribution in [1.29, 1.82) is 0 Å². The Morgan fingerprint density at radius 3 is 2.23 bits per heavy atom. The van der Waals surface area contributed by atoms with Crippen LogP contribution in [0.1, 0.15) is 36.6 Å². The number of fused-ring (bicyclic) bond motifs is 1. The van der Waals surface area contributed by atoms with Gasteiger partial charge in [0.25, 0.3) is 0 Å². The van der Waals surface area contributed by atoms with Crippen molar-refractivity contribution in [2.24, 2.45) is 0 Å². The zero-order valence-electron chi connectivity index (χ0n) is 22.9. The summed E-state index contributed by atoms with van der Waals surface area (Å²) in [6.45, 7) is 5.77. The lowest BCUT2D eigenvalue weighted by Crippen LogP contribution is -2.24. The lowest BCUT2D eigenvalue weighted by atomic mass is 10.1. The van der Waals surface area contributed by atoms with Crippen LogP contribution in [-0.4, -0.2) is 21.2 Å². The Morgan fingerprint density at radius 2 is 1.48 bits per heavy atom. The highest BCUT2D eigenvalue weighted by atomic mass is 16.7. The monoisotopic (exact) mass is 528 g/mol. The van der Waals surface area contributed by atoms with E-state index in [0.29, 0.717) is 0 Å². The van der Waals surface area contributed by atoms with E-state index in [0.717, 1.165) is 73.2 Å². The summed E-state index contributed by atoms with van der Waals surface area (Å²) in [5.74, 6) is 2.65. The fourth-order valence-corrected chi connectivity index (χ4v) is 5.30. The fourth-order valence-electron chi connectivity index (χ4n) is 5.30. The molecule has 1 aliphatic heterocycles. The molecule has 0 atom stereocenters. The van der Waals surface area contributed by atoms with E-state index in [1.54, 1.807) is 0 Å². The van der Waals surface area contributed by atoms with Gasteiger partial charge >= 0.3 is 0 Å². The van der Waals surface area contributed by atoms with Crippen molar-refractivity contribution in [3.8, 4) is 34.1 Å². The molecule has 6 rings (SSSR count). The average Bonchev–Trinajstić information content (AvgIpc) is 3.62. The molecule has 201 valence electrons. The van der Waals surface area contributed by atoms with Gasteiger partial charge in [0, 0.05) is 37.3 Å². The molecule has 0 N–H and O–H groups in total. The maximum atomic E-state index is 5.69. The third kappa shape index (κ3) is 5.80. The molecule has 5 heteroatoms. The zero-order chi connectivity index (χ0) is 27.1. The van der Waals surface area contributed by atoms with E-state index in [2.05, 4.69) is 107 Å². The van der Waals surface area contributed by atoms with Gasteiger partial charge in [0.1, 0.15) is 5.82 Å². The van der Waals surface area contributed by atoms with E-state index in [9.17, 15) is 0 Å². The Bertz CT molecular complexity index is 1530. The summed E-state index contributed by atoms with van der Waals surface area (Å²) in [7, 11) is 0. The summed E-state index contributed by atoms with van der Waals surface area (Å²) in [5.41, 5.74) is 7.01. The minimum Gasteiger partial charge on any atom is -0.454 e. The van der Waals surface area contributed by atoms with E-state index in [4.69, 9.17) is 14.5 Å². The van der Waals surface area contributed by atoms with Crippen LogP contribution in [0.2, 0.25) is 0 Å². The van der Waals surface area contributed by atoms with Crippen LogP contribution >= 0.6 is 0 Å². The number of aromatic nitrogens is 2. The Hall–Kier alpha value is -4.35. The second-order valence-corrected chi connectivity index (χ2v) is 10.2. The first-order chi connectivity index (χ1) is 19.8. The molecule has 0 aliphatic carbocycles. The second-order valence-electron chi connectivity index (χ2n) is 10.2. The Balaban J connectivity index is 1.43. The molecule has 0 saturated carbocycles. The number of unbranched alkanes of at least 4 members (excludes halogenated alkanes) is 1. The standard InChI is InChI=1S/C35H34N3O2/c1-2-3-21-38-31(34(29-15-9-5-10-16-29)36-35(38)30-17-11-6-12-18-30)25-37(23-27-13-7-4-8-14-27)24-28-19-20-32-33(22-28)40-26-39-32/h5-20,22H,2-3,21,23-26H2,1H3. The molecular weight excluding hydrogens is 494 g/mol. The molecule has 0 fully saturated rings. The molecule has 0 bridgehead atoms. The van der Waals surface area contributed by atoms with Crippen molar-refractivity contribution < 1.29 is 9.47 Å². The fraction of sp³-hybridized carbons (Fsp3) is 0.229. The highest BCUT2D eigenvalue weighted by Crippen LogP contribution is 2.34. The third-order valence-corrected chi connectivity index (χ3v) is 7.30. The van der Waals surface area contributed by atoms with Crippen LogP contribution in [0.5, 0.6) is 11.5 Å². The van der Waals surface area contributed by atoms with Gasteiger partial charge < -0.3 is 14.0 Å². The van der Waals surface area contributed by atoms with Crippen molar-refractivity contribution in [3.05, 3.63) is 126 Å². The van der Waals surface area contributed by atoms with E-state index in [1.807, 2.05) is 18.2 Å². The van der Waals surface area contributed by atoms with Crippen LogP contribution in [0.4, 0.5) is 0 Å². The highest BCUT2D eigenvalue weighted by Gasteiger charge is 2.23. The van der Waals surface area contributed by atoms with Crippen molar-refractivity contribution in [3.63, 3.8) is 0 Å². The smallest absolute Gasteiger partial charge is 0.231 e. The lowest BCUT2D eigenvalue weighted by molar-refractivity contribution is 0.174. The largest absolute Gasteiger partial charge is 0.454 e. The number of benzene rings is 4. The third-order valence-electron chi connectivity index (χ3n) is 7.30. The topological polar surface area (TPSA) is 39.5 Å². The molecule has 0 saturated heterocycles. The van der Waals surface area contributed by atoms with Crippen LogP contribution in [0.15, 0.2) is 103 Å². The lowest BCUT2D eigenvalue weighted by Gasteiger charge is -2.25. The molecule has 0 unspecified atom stereocenters. The summed E-state index contributed by atoms with van der Waals surface area (Å²) in [5, 5.41) is 0. The number of imidazole rings is 1. The molecule has 1 radical (unpaired) electrons. The predicted molar refractivity (Wildman–Crippen MR) is 159 cm³/mol. The molecule has 1 aliphatic rings. The van der Waals surface area contributed by atoms with Gasteiger partial charge in [-0.3, -0.25) is 4.90 Å². The maximum absolute atomic E-state index is 5.69.